The van der Waals surface area contributed by atoms with Crippen molar-refractivity contribution in [3.63, 3.8) is 0 Å². The lowest BCUT2D eigenvalue weighted by atomic mass is 9.85. The first-order chi connectivity index (χ1) is 16.8. The number of rotatable bonds is 5. The molecule has 1 unspecified atom stereocenters. The van der Waals surface area contributed by atoms with Crippen molar-refractivity contribution in [2.24, 2.45) is 11.7 Å². The first kappa shape index (κ1) is 23.4. The van der Waals surface area contributed by atoms with Crippen molar-refractivity contribution in [1.82, 2.24) is 14.7 Å². The lowest BCUT2D eigenvalue weighted by molar-refractivity contribution is 0.0683. The van der Waals surface area contributed by atoms with Gasteiger partial charge in [-0.3, -0.25) is 9.69 Å². The fraction of sp³-hybridized carbons (Fsp3) is 0.429. The molecule has 0 spiro atoms. The fourth-order valence-corrected chi connectivity index (χ4v) is 5.44. The van der Waals surface area contributed by atoms with Gasteiger partial charge in [0.15, 0.2) is 0 Å². The quantitative estimate of drug-likeness (QED) is 0.525. The minimum absolute atomic E-state index is 0.193. The molecule has 1 aromatic heterocycles. The molecule has 2 aliphatic rings. The van der Waals surface area contributed by atoms with Crippen LogP contribution in [-0.4, -0.2) is 45.8 Å². The average Bonchev–Trinajstić information content (AvgIpc) is 3.25. The number of nitrogens with zero attached hydrogens (tertiary/aromatic N) is 3. The molecule has 7 heteroatoms. The summed E-state index contributed by atoms with van der Waals surface area (Å²) in [6, 6.07) is 17.6. The SMILES string of the molecule is CC(C)(C)N1CCC(C2CCNc3c(C(N)=O)c(-c4ccc(Oc5ccccc5)cc4)nn32)CC1. The van der Waals surface area contributed by atoms with Crippen molar-refractivity contribution in [2.75, 3.05) is 25.0 Å². The van der Waals surface area contributed by atoms with Gasteiger partial charge < -0.3 is 15.8 Å². The number of piperidine rings is 1. The van der Waals surface area contributed by atoms with E-state index in [1.807, 2.05) is 59.3 Å². The van der Waals surface area contributed by atoms with E-state index in [-0.39, 0.29) is 11.6 Å². The van der Waals surface area contributed by atoms with E-state index in [2.05, 4.69) is 31.0 Å². The molecule has 0 radical (unpaired) electrons. The predicted octanol–water partition coefficient (Wildman–Crippen LogP) is 5.31. The van der Waals surface area contributed by atoms with Crippen LogP contribution in [0.25, 0.3) is 11.3 Å². The number of aromatic nitrogens is 2. The predicted molar refractivity (Wildman–Crippen MR) is 139 cm³/mol. The number of nitrogens with two attached hydrogens (primary N) is 1. The second-order valence-corrected chi connectivity index (χ2v) is 10.6. The number of para-hydroxylation sites is 1. The number of ether oxygens (including phenoxy) is 1. The van der Waals surface area contributed by atoms with Gasteiger partial charge in [-0.15, -0.1) is 0 Å². The maximum absolute atomic E-state index is 12.6. The molecule has 3 aromatic rings. The second kappa shape index (κ2) is 9.38. The molecule has 1 amide bonds. The summed E-state index contributed by atoms with van der Waals surface area (Å²) in [4.78, 5) is 15.1. The van der Waals surface area contributed by atoms with Crippen molar-refractivity contribution in [1.29, 1.82) is 0 Å². The summed E-state index contributed by atoms with van der Waals surface area (Å²) in [5, 5.41) is 8.39. The number of fused-ring (bicyclic) bond motifs is 1. The van der Waals surface area contributed by atoms with E-state index < -0.39 is 5.91 Å². The van der Waals surface area contributed by atoms with E-state index in [1.54, 1.807) is 0 Å². The number of likely N-dealkylation sites (tertiary alicyclic amines) is 1. The largest absolute Gasteiger partial charge is 0.457 e. The third-order valence-electron chi connectivity index (χ3n) is 7.34. The topological polar surface area (TPSA) is 85.4 Å². The first-order valence-electron chi connectivity index (χ1n) is 12.6. The van der Waals surface area contributed by atoms with E-state index in [1.165, 1.54) is 0 Å². The maximum Gasteiger partial charge on any atom is 0.254 e. The van der Waals surface area contributed by atoms with Crippen molar-refractivity contribution in [2.45, 2.75) is 51.6 Å². The Hall–Kier alpha value is -3.32. The zero-order chi connectivity index (χ0) is 24.6. The Bertz CT molecular complexity index is 1170. The third kappa shape index (κ3) is 4.78. The van der Waals surface area contributed by atoms with Crippen molar-refractivity contribution in [3.8, 4) is 22.8 Å². The fourth-order valence-electron chi connectivity index (χ4n) is 5.44. The molecule has 2 aromatic carbocycles. The summed E-state index contributed by atoms with van der Waals surface area (Å²) < 4.78 is 7.97. The number of amides is 1. The van der Waals surface area contributed by atoms with Gasteiger partial charge in [0.2, 0.25) is 0 Å². The number of carbonyl (C=O) groups excluding carboxylic acids is 1. The van der Waals surface area contributed by atoms with Crippen molar-refractivity contribution in [3.05, 3.63) is 60.2 Å². The number of anilines is 1. The van der Waals surface area contributed by atoms with Gasteiger partial charge in [-0.05, 0) is 95.4 Å². The molecule has 184 valence electrons. The molecule has 0 bridgehead atoms. The first-order valence-corrected chi connectivity index (χ1v) is 12.6. The van der Waals surface area contributed by atoms with Crippen LogP contribution < -0.4 is 15.8 Å². The molecule has 3 N–H and O–H groups in total. The molecule has 1 fully saturated rings. The third-order valence-corrected chi connectivity index (χ3v) is 7.34. The number of carbonyl (C=O) groups is 1. The lowest BCUT2D eigenvalue weighted by Gasteiger charge is -2.43. The summed E-state index contributed by atoms with van der Waals surface area (Å²) in [5.41, 5.74) is 8.02. The van der Waals surface area contributed by atoms with Crippen LogP contribution in [-0.2, 0) is 0 Å². The Morgan fingerprint density at radius 1 is 1.00 bits per heavy atom. The second-order valence-electron chi connectivity index (χ2n) is 10.6. The molecule has 5 rings (SSSR count). The summed E-state index contributed by atoms with van der Waals surface area (Å²) in [5.74, 6) is 2.34. The number of nitrogens with one attached hydrogen (secondary N) is 1. The maximum atomic E-state index is 12.6. The molecule has 1 atom stereocenters. The minimum Gasteiger partial charge on any atom is -0.457 e. The van der Waals surface area contributed by atoms with Crippen LogP contribution in [0.1, 0.15) is 56.4 Å². The van der Waals surface area contributed by atoms with Gasteiger partial charge in [0, 0.05) is 17.6 Å². The van der Waals surface area contributed by atoms with Crippen molar-refractivity contribution >= 4 is 11.7 Å². The molecule has 0 saturated carbocycles. The Morgan fingerprint density at radius 3 is 2.29 bits per heavy atom. The van der Waals surface area contributed by atoms with E-state index in [0.717, 1.165) is 61.8 Å². The average molecular weight is 474 g/mol. The normalized spacial score (nSPS) is 19.1. The number of hydrogen-bond donors (Lipinski definition) is 2. The van der Waals surface area contributed by atoms with Crippen molar-refractivity contribution < 1.29 is 9.53 Å². The van der Waals surface area contributed by atoms with Crippen LogP contribution in [0.5, 0.6) is 11.5 Å². The summed E-state index contributed by atoms with van der Waals surface area (Å²) in [7, 11) is 0. The molecular formula is C28H35N5O2. The molecular weight excluding hydrogens is 438 g/mol. The van der Waals surface area contributed by atoms with Gasteiger partial charge in [0.1, 0.15) is 28.6 Å². The highest BCUT2D eigenvalue weighted by molar-refractivity contribution is 6.03. The van der Waals surface area contributed by atoms with Crippen LogP contribution in [0.4, 0.5) is 5.82 Å². The van der Waals surface area contributed by atoms with Crippen LogP contribution in [0, 0.1) is 5.92 Å². The Kier molecular flexibility index (Phi) is 6.28. The van der Waals surface area contributed by atoms with Gasteiger partial charge in [0.25, 0.3) is 5.91 Å². The zero-order valence-corrected chi connectivity index (χ0v) is 20.8. The highest BCUT2D eigenvalue weighted by Crippen LogP contribution is 2.40. The highest BCUT2D eigenvalue weighted by Gasteiger charge is 2.36. The van der Waals surface area contributed by atoms with Gasteiger partial charge in [-0.1, -0.05) is 18.2 Å². The molecule has 2 aliphatic heterocycles. The van der Waals surface area contributed by atoms with E-state index in [9.17, 15) is 4.79 Å². The molecule has 0 aliphatic carbocycles. The Labute approximate surface area is 207 Å². The Morgan fingerprint density at radius 2 is 1.66 bits per heavy atom. The van der Waals surface area contributed by atoms with Gasteiger partial charge >= 0.3 is 0 Å². The standard InChI is InChI=1S/C28H35N5O2/c1-28(2,3)32-17-14-19(15-18-32)23-13-16-30-27-24(26(29)34)25(31-33(23)27)20-9-11-22(12-10-20)35-21-7-5-4-6-8-21/h4-12,19,23,30H,13-18H2,1-3H3,(H2,29,34). The molecule has 35 heavy (non-hydrogen) atoms. The zero-order valence-electron chi connectivity index (χ0n) is 20.8. The Balaban J connectivity index is 1.41. The van der Waals surface area contributed by atoms with Crippen LogP contribution >= 0.6 is 0 Å². The van der Waals surface area contributed by atoms with Gasteiger partial charge in [0.05, 0.1) is 6.04 Å². The monoisotopic (exact) mass is 473 g/mol. The highest BCUT2D eigenvalue weighted by atomic mass is 16.5. The molecule has 3 heterocycles. The smallest absolute Gasteiger partial charge is 0.254 e. The van der Waals surface area contributed by atoms with E-state index in [4.69, 9.17) is 15.6 Å². The summed E-state index contributed by atoms with van der Waals surface area (Å²) >= 11 is 0. The van der Waals surface area contributed by atoms with E-state index in [0.29, 0.717) is 17.2 Å². The van der Waals surface area contributed by atoms with Crippen LogP contribution in [0.15, 0.2) is 54.6 Å². The number of hydrogen-bond acceptors (Lipinski definition) is 5. The lowest BCUT2D eigenvalue weighted by Crippen LogP contribution is -2.47. The molecule has 7 nitrogen and oxygen atoms in total. The summed E-state index contributed by atoms with van der Waals surface area (Å²) in [6.07, 6.45) is 3.26. The van der Waals surface area contributed by atoms with Gasteiger partial charge in [-0.2, -0.15) is 5.10 Å². The number of benzene rings is 2. The van der Waals surface area contributed by atoms with E-state index >= 15 is 0 Å². The van der Waals surface area contributed by atoms with Crippen LogP contribution in [0.2, 0.25) is 0 Å². The number of primary amides is 1. The van der Waals surface area contributed by atoms with Crippen LogP contribution in [0.3, 0.4) is 0 Å². The minimum atomic E-state index is -0.457. The van der Waals surface area contributed by atoms with Gasteiger partial charge in [-0.25, -0.2) is 4.68 Å². The summed E-state index contributed by atoms with van der Waals surface area (Å²) in [6.45, 7) is 9.85. The molecule has 1 saturated heterocycles.